The molecule has 144 valence electrons. The van der Waals surface area contributed by atoms with Gasteiger partial charge in [-0.05, 0) is 50.1 Å². The van der Waals surface area contributed by atoms with E-state index in [-0.39, 0.29) is 11.4 Å². The summed E-state index contributed by atoms with van der Waals surface area (Å²) in [6.45, 7) is 5.04. The molecule has 8 nitrogen and oxygen atoms in total. The zero-order chi connectivity index (χ0) is 20.4. The molecule has 1 atom stereocenters. The van der Waals surface area contributed by atoms with E-state index in [9.17, 15) is 19.7 Å². The normalized spacial score (nSPS) is 11.8. The molecule has 0 spiro atoms. The highest BCUT2D eigenvalue weighted by molar-refractivity contribution is 5.96. The number of rotatable bonds is 5. The van der Waals surface area contributed by atoms with Gasteiger partial charge in [-0.25, -0.2) is 4.79 Å². The number of hydrogen-bond donors (Lipinski definition) is 1. The number of aryl methyl sites for hydroxylation is 2. The van der Waals surface area contributed by atoms with Gasteiger partial charge < -0.3 is 14.5 Å². The van der Waals surface area contributed by atoms with E-state index in [0.717, 1.165) is 10.9 Å². The van der Waals surface area contributed by atoms with E-state index < -0.39 is 22.6 Å². The molecule has 8 heteroatoms. The first kappa shape index (κ1) is 19.1. The lowest BCUT2D eigenvalue weighted by Gasteiger charge is -2.15. The van der Waals surface area contributed by atoms with Gasteiger partial charge in [-0.3, -0.25) is 14.9 Å². The number of nitrogens with one attached hydrogen (secondary N) is 1. The van der Waals surface area contributed by atoms with Gasteiger partial charge >= 0.3 is 5.63 Å². The lowest BCUT2D eigenvalue weighted by Crippen LogP contribution is -2.30. The molecular weight excluding hydrogens is 364 g/mol. The van der Waals surface area contributed by atoms with Crippen molar-refractivity contribution in [2.24, 2.45) is 0 Å². The number of ether oxygens (including phenoxy) is 1. The largest absolute Gasteiger partial charge is 0.481 e. The predicted octanol–water partition coefficient (Wildman–Crippen LogP) is 3.72. The number of nitro benzene ring substituents is 1. The molecule has 28 heavy (non-hydrogen) atoms. The highest BCUT2D eigenvalue weighted by atomic mass is 16.6. The van der Waals surface area contributed by atoms with Crippen LogP contribution in [0, 0.1) is 24.0 Å². The number of nitrogens with zero attached hydrogens (tertiary/aromatic N) is 1. The van der Waals surface area contributed by atoms with E-state index >= 15 is 0 Å². The Morgan fingerprint density at radius 1 is 1.18 bits per heavy atom. The zero-order valence-corrected chi connectivity index (χ0v) is 15.5. The Morgan fingerprint density at radius 2 is 1.93 bits per heavy atom. The van der Waals surface area contributed by atoms with Crippen molar-refractivity contribution in [1.29, 1.82) is 0 Å². The van der Waals surface area contributed by atoms with Gasteiger partial charge in [-0.2, -0.15) is 0 Å². The summed E-state index contributed by atoms with van der Waals surface area (Å²) in [6.07, 6.45) is -0.935. The van der Waals surface area contributed by atoms with Crippen molar-refractivity contribution in [3.8, 4) is 5.75 Å². The Bertz CT molecular complexity index is 1140. The van der Waals surface area contributed by atoms with E-state index in [1.807, 2.05) is 0 Å². The number of nitro groups is 1. The molecule has 0 saturated heterocycles. The van der Waals surface area contributed by atoms with Crippen LogP contribution in [0.5, 0.6) is 5.75 Å². The van der Waals surface area contributed by atoms with E-state index in [1.165, 1.54) is 31.2 Å². The number of fused-ring (bicyclic) bond motifs is 1. The van der Waals surface area contributed by atoms with E-state index in [0.29, 0.717) is 16.9 Å². The molecule has 1 unspecified atom stereocenters. The SMILES string of the molecule is Cc1ccc(NC(=O)C(C)Oc2ccc3c(C)cc(=O)oc3c2)c([N+](=O)[O-])c1. The molecule has 0 aliphatic carbocycles. The molecule has 3 aromatic rings. The number of carbonyl (C=O) groups is 1. The van der Waals surface area contributed by atoms with Gasteiger partial charge in [0, 0.05) is 23.6 Å². The minimum Gasteiger partial charge on any atom is -0.481 e. The fourth-order valence-electron chi connectivity index (χ4n) is 2.77. The van der Waals surface area contributed by atoms with Crippen molar-refractivity contribution in [3.05, 3.63) is 74.1 Å². The van der Waals surface area contributed by atoms with Crippen molar-refractivity contribution in [1.82, 2.24) is 0 Å². The van der Waals surface area contributed by atoms with Crippen LogP contribution in [0.2, 0.25) is 0 Å². The first-order valence-corrected chi connectivity index (χ1v) is 8.51. The molecule has 0 aliphatic heterocycles. The van der Waals surface area contributed by atoms with E-state index in [1.54, 1.807) is 32.0 Å². The molecule has 0 fully saturated rings. The van der Waals surface area contributed by atoms with Crippen LogP contribution in [-0.4, -0.2) is 16.9 Å². The molecule has 0 aliphatic rings. The third-order valence-corrected chi connectivity index (χ3v) is 4.21. The smallest absolute Gasteiger partial charge is 0.336 e. The Kier molecular flexibility index (Phi) is 5.12. The topological polar surface area (TPSA) is 112 Å². The summed E-state index contributed by atoms with van der Waals surface area (Å²) in [4.78, 5) is 34.6. The van der Waals surface area contributed by atoms with Crippen LogP contribution in [0.1, 0.15) is 18.1 Å². The maximum Gasteiger partial charge on any atom is 0.336 e. The number of carbonyl (C=O) groups excluding carboxylic acids is 1. The average molecular weight is 382 g/mol. The standard InChI is InChI=1S/C20H18N2O6/c1-11-4-7-16(17(8-11)22(25)26)21-20(24)13(3)27-14-5-6-15-12(2)9-19(23)28-18(15)10-14/h4-10,13H,1-3H3,(H,21,24). The molecular formula is C20H18N2O6. The summed E-state index contributed by atoms with van der Waals surface area (Å²) in [6, 6.07) is 10.9. The van der Waals surface area contributed by atoms with Gasteiger partial charge in [0.25, 0.3) is 11.6 Å². The Hall–Kier alpha value is -3.68. The second kappa shape index (κ2) is 7.51. The van der Waals surface area contributed by atoms with Crippen molar-refractivity contribution in [2.75, 3.05) is 5.32 Å². The van der Waals surface area contributed by atoms with Gasteiger partial charge in [0.15, 0.2) is 6.10 Å². The number of hydrogen-bond acceptors (Lipinski definition) is 6. The van der Waals surface area contributed by atoms with Crippen molar-refractivity contribution < 1.29 is 18.9 Å². The third-order valence-electron chi connectivity index (χ3n) is 4.21. The van der Waals surface area contributed by atoms with Crippen LogP contribution in [0.15, 0.2) is 51.7 Å². The molecule has 1 amide bonds. The summed E-state index contributed by atoms with van der Waals surface area (Å²) in [7, 11) is 0. The van der Waals surface area contributed by atoms with Gasteiger partial charge in [0.2, 0.25) is 0 Å². The Labute approximate surface area is 159 Å². The van der Waals surface area contributed by atoms with Gasteiger partial charge in [-0.15, -0.1) is 0 Å². The number of anilines is 1. The predicted molar refractivity (Wildman–Crippen MR) is 104 cm³/mol. The molecule has 2 aromatic carbocycles. The van der Waals surface area contributed by atoms with E-state index in [2.05, 4.69) is 5.32 Å². The minimum atomic E-state index is -0.935. The highest BCUT2D eigenvalue weighted by Gasteiger charge is 2.20. The molecule has 0 bridgehead atoms. The second-order valence-electron chi connectivity index (χ2n) is 6.43. The lowest BCUT2D eigenvalue weighted by atomic mass is 10.1. The van der Waals surface area contributed by atoms with Crippen molar-refractivity contribution in [3.63, 3.8) is 0 Å². The molecule has 3 rings (SSSR count). The van der Waals surface area contributed by atoms with Crippen LogP contribution in [0.25, 0.3) is 11.0 Å². The van der Waals surface area contributed by atoms with Crippen LogP contribution in [0.3, 0.4) is 0 Å². The molecule has 0 radical (unpaired) electrons. The Morgan fingerprint density at radius 3 is 2.64 bits per heavy atom. The zero-order valence-electron chi connectivity index (χ0n) is 15.5. The van der Waals surface area contributed by atoms with Gasteiger partial charge in [0.05, 0.1) is 4.92 Å². The molecule has 0 saturated carbocycles. The molecule has 1 N–H and O–H groups in total. The Balaban J connectivity index is 1.79. The van der Waals surface area contributed by atoms with Gasteiger partial charge in [-0.1, -0.05) is 6.07 Å². The van der Waals surface area contributed by atoms with Gasteiger partial charge in [0.1, 0.15) is 17.0 Å². The highest BCUT2D eigenvalue weighted by Crippen LogP contribution is 2.26. The number of benzene rings is 2. The van der Waals surface area contributed by atoms with Crippen LogP contribution < -0.4 is 15.7 Å². The lowest BCUT2D eigenvalue weighted by molar-refractivity contribution is -0.384. The molecule has 1 heterocycles. The summed E-state index contributed by atoms with van der Waals surface area (Å²) < 4.78 is 10.8. The van der Waals surface area contributed by atoms with Crippen LogP contribution in [-0.2, 0) is 4.79 Å². The molecule has 1 aromatic heterocycles. The first-order valence-electron chi connectivity index (χ1n) is 8.51. The fraction of sp³-hybridized carbons (Fsp3) is 0.200. The summed E-state index contributed by atoms with van der Waals surface area (Å²) in [5, 5.41) is 14.5. The summed E-state index contributed by atoms with van der Waals surface area (Å²) in [5.41, 5.74) is 1.26. The maximum absolute atomic E-state index is 12.4. The van der Waals surface area contributed by atoms with Crippen LogP contribution in [0.4, 0.5) is 11.4 Å². The number of amides is 1. The third kappa shape index (κ3) is 4.01. The minimum absolute atomic E-state index is 0.0937. The first-order chi connectivity index (χ1) is 13.2. The van der Waals surface area contributed by atoms with Crippen molar-refractivity contribution >= 4 is 28.3 Å². The summed E-state index contributed by atoms with van der Waals surface area (Å²) in [5.74, 6) is -0.208. The fourth-order valence-corrected chi connectivity index (χ4v) is 2.77. The van der Waals surface area contributed by atoms with E-state index in [4.69, 9.17) is 9.15 Å². The second-order valence-corrected chi connectivity index (χ2v) is 6.43. The quantitative estimate of drug-likeness (QED) is 0.409. The average Bonchev–Trinajstić information content (AvgIpc) is 2.62. The maximum atomic E-state index is 12.4. The van der Waals surface area contributed by atoms with Crippen molar-refractivity contribution in [2.45, 2.75) is 26.9 Å². The monoisotopic (exact) mass is 382 g/mol. The summed E-state index contributed by atoms with van der Waals surface area (Å²) >= 11 is 0. The van der Waals surface area contributed by atoms with Crippen LogP contribution >= 0.6 is 0 Å².